The van der Waals surface area contributed by atoms with E-state index in [-0.39, 0.29) is 17.3 Å². The summed E-state index contributed by atoms with van der Waals surface area (Å²) in [6.45, 7) is 2.94. The quantitative estimate of drug-likeness (QED) is 0.681. The smallest absolute Gasteiger partial charge is 0.194 e. The van der Waals surface area contributed by atoms with Crippen LogP contribution in [0.1, 0.15) is 34.8 Å². The van der Waals surface area contributed by atoms with Crippen molar-refractivity contribution in [2.45, 2.75) is 13.8 Å². The lowest BCUT2D eigenvalue weighted by atomic mass is 10.0. The number of carbonyl (C=O) groups excluding carboxylic acids is 2. The third-order valence-corrected chi connectivity index (χ3v) is 3.85. The van der Waals surface area contributed by atoms with Crippen molar-refractivity contribution in [2.75, 3.05) is 14.2 Å². The largest absolute Gasteiger partial charge is 0.495 e. The summed E-state index contributed by atoms with van der Waals surface area (Å²) in [4.78, 5) is 23.3. The Labute approximate surface area is 132 Å². The van der Waals surface area contributed by atoms with Crippen LogP contribution in [-0.2, 0) is 0 Å². The first-order valence-corrected chi connectivity index (χ1v) is 7.11. The molecule has 0 aliphatic rings. The SMILES string of the molecule is COc1c2cc(C(C)=O)ccc2c(OC)c2oc(C(C)=O)cc12. The van der Waals surface area contributed by atoms with Gasteiger partial charge in [0.05, 0.1) is 19.6 Å². The zero-order chi connectivity index (χ0) is 16.7. The van der Waals surface area contributed by atoms with E-state index in [1.54, 1.807) is 31.4 Å². The summed E-state index contributed by atoms with van der Waals surface area (Å²) in [5, 5.41) is 2.13. The highest BCUT2D eigenvalue weighted by molar-refractivity contribution is 6.12. The second kappa shape index (κ2) is 5.43. The molecule has 5 heteroatoms. The highest BCUT2D eigenvalue weighted by Crippen LogP contribution is 2.44. The Morgan fingerprint density at radius 3 is 2.13 bits per heavy atom. The second-order valence-corrected chi connectivity index (χ2v) is 5.29. The molecule has 0 unspecified atom stereocenters. The van der Waals surface area contributed by atoms with Gasteiger partial charge in [-0.15, -0.1) is 0 Å². The van der Waals surface area contributed by atoms with Crippen LogP contribution in [0.25, 0.3) is 21.7 Å². The van der Waals surface area contributed by atoms with Crippen LogP contribution in [-0.4, -0.2) is 25.8 Å². The monoisotopic (exact) mass is 312 g/mol. The van der Waals surface area contributed by atoms with Gasteiger partial charge in [-0.05, 0) is 25.1 Å². The summed E-state index contributed by atoms with van der Waals surface area (Å²) in [6, 6.07) is 6.92. The van der Waals surface area contributed by atoms with E-state index in [4.69, 9.17) is 13.9 Å². The van der Waals surface area contributed by atoms with E-state index in [1.165, 1.54) is 21.0 Å². The minimum Gasteiger partial charge on any atom is -0.495 e. The molecule has 0 N–H and O–H groups in total. The first-order chi connectivity index (χ1) is 11.0. The van der Waals surface area contributed by atoms with Crippen molar-refractivity contribution < 1.29 is 23.5 Å². The van der Waals surface area contributed by atoms with Gasteiger partial charge in [0.1, 0.15) is 5.75 Å². The average molecular weight is 312 g/mol. The Morgan fingerprint density at radius 1 is 0.870 bits per heavy atom. The second-order valence-electron chi connectivity index (χ2n) is 5.29. The van der Waals surface area contributed by atoms with E-state index >= 15 is 0 Å². The Bertz CT molecular complexity index is 949. The van der Waals surface area contributed by atoms with E-state index in [1.807, 2.05) is 0 Å². The molecule has 0 spiro atoms. The third-order valence-electron chi connectivity index (χ3n) is 3.85. The summed E-state index contributed by atoms with van der Waals surface area (Å²) in [6.07, 6.45) is 0. The molecule has 3 aromatic rings. The number of benzene rings is 2. The van der Waals surface area contributed by atoms with Crippen LogP contribution in [0.15, 0.2) is 28.7 Å². The van der Waals surface area contributed by atoms with Crippen LogP contribution in [0.3, 0.4) is 0 Å². The molecular weight excluding hydrogens is 296 g/mol. The maximum absolute atomic E-state index is 11.7. The molecule has 0 aliphatic carbocycles. The van der Waals surface area contributed by atoms with Crippen molar-refractivity contribution in [2.24, 2.45) is 0 Å². The molecule has 0 saturated carbocycles. The van der Waals surface area contributed by atoms with Crippen molar-refractivity contribution >= 4 is 33.3 Å². The van der Waals surface area contributed by atoms with Crippen molar-refractivity contribution in [3.8, 4) is 11.5 Å². The molecule has 0 bridgehead atoms. The van der Waals surface area contributed by atoms with Gasteiger partial charge in [0.15, 0.2) is 28.7 Å². The van der Waals surface area contributed by atoms with Crippen molar-refractivity contribution in [3.63, 3.8) is 0 Å². The van der Waals surface area contributed by atoms with Crippen LogP contribution in [0, 0.1) is 0 Å². The number of methoxy groups -OCH3 is 2. The zero-order valence-corrected chi connectivity index (χ0v) is 13.4. The van der Waals surface area contributed by atoms with Gasteiger partial charge in [0.2, 0.25) is 0 Å². The summed E-state index contributed by atoms with van der Waals surface area (Å²) in [5.74, 6) is 1.08. The summed E-state index contributed by atoms with van der Waals surface area (Å²) in [7, 11) is 3.08. The fourth-order valence-corrected chi connectivity index (χ4v) is 2.74. The molecule has 0 fully saturated rings. The lowest BCUT2D eigenvalue weighted by Crippen LogP contribution is -1.95. The highest BCUT2D eigenvalue weighted by Gasteiger charge is 2.21. The normalized spacial score (nSPS) is 11.0. The Morgan fingerprint density at radius 2 is 1.57 bits per heavy atom. The predicted molar refractivity (Wildman–Crippen MR) is 86.8 cm³/mol. The summed E-state index contributed by atoms with van der Waals surface area (Å²) in [5.41, 5.74) is 1.03. The summed E-state index contributed by atoms with van der Waals surface area (Å²) < 4.78 is 16.7. The van der Waals surface area contributed by atoms with Gasteiger partial charge < -0.3 is 13.9 Å². The molecule has 0 radical (unpaired) electrons. The first-order valence-electron chi connectivity index (χ1n) is 7.11. The molecule has 23 heavy (non-hydrogen) atoms. The van der Waals surface area contributed by atoms with Gasteiger partial charge in [-0.1, -0.05) is 6.07 Å². The number of hydrogen-bond donors (Lipinski definition) is 0. The molecule has 5 nitrogen and oxygen atoms in total. The number of Topliss-reactive ketones (excluding diaryl/α,β-unsaturated/α-hetero) is 2. The molecule has 118 valence electrons. The predicted octanol–water partition coefficient (Wildman–Crippen LogP) is 4.01. The molecule has 1 aromatic heterocycles. The van der Waals surface area contributed by atoms with Crippen LogP contribution < -0.4 is 9.47 Å². The number of fused-ring (bicyclic) bond motifs is 2. The Hall–Kier alpha value is -2.82. The highest BCUT2D eigenvalue weighted by atomic mass is 16.5. The number of furan rings is 1. The van der Waals surface area contributed by atoms with E-state index in [0.29, 0.717) is 28.0 Å². The van der Waals surface area contributed by atoms with Crippen LogP contribution in [0.5, 0.6) is 11.5 Å². The maximum atomic E-state index is 11.7. The fraction of sp³-hybridized carbons (Fsp3) is 0.222. The number of rotatable bonds is 4. The number of hydrogen-bond acceptors (Lipinski definition) is 5. The van der Waals surface area contributed by atoms with Crippen LogP contribution in [0.2, 0.25) is 0 Å². The van der Waals surface area contributed by atoms with Gasteiger partial charge in [-0.3, -0.25) is 9.59 Å². The average Bonchev–Trinajstić information content (AvgIpc) is 2.96. The Kier molecular flexibility index (Phi) is 3.56. The minimum absolute atomic E-state index is 0.0374. The maximum Gasteiger partial charge on any atom is 0.194 e. The Balaban J connectivity index is 2.51. The third kappa shape index (κ3) is 2.25. The van der Waals surface area contributed by atoms with Crippen LogP contribution in [0.4, 0.5) is 0 Å². The lowest BCUT2D eigenvalue weighted by molar-refractivity contribution is 0.0987. The van der Waals surface area contributed by atoms with Gasteiger partial charge >= 0.3 is 0 Å². The molecule has 0 aliphatic heterocycles. The minimum atomic E-state index is -0.182. The topological polar surface area (TPSA) is 65.7 Å². The molecular formula is C18H16O5. The zero-order valence-electron chi connectivity index (χ0n) is 13.4. The van der Waals surface area contributed by atoms with Crippen LogP contribution >= 0.6 is 0 Å². The summed E-state index contributed by atoms with van der Waals surface area (Å²) >= 11 is 0. The molecule has 0 amide bonds. The number of ether oxygens (including phenoxy) is 2. The van der Waals surface area contributed by atoms with E-state index in [2.05, 4.69) is 0 Å². The van der Waals surface area contributed by atoms with E-state index in [0.717, 1.165) is 10.8 Å². The number of carbonyl (C=O) groups is 2. The standard InChI is InChI=1S/C18H16O5/c1-9(19)11-5-6-12-13(7-11)16(21-3)14-8-15(10(2)20)23-18(14)17(12)22-4/h5-8H,1-4H3. The van der Waals surface area contributed by atoms with Gasteiger partial charge in [-0.25, -0.2) is 0 Å². The molecule has 0 saturated heterocycles. The molecule has 0 atom stereocenters. The van der Waals surface area contributed by atoms with Crippen molar-refractivity contribution in [1.29, 1.82) is 0 Å². The van der Waals surface area contributed by atoms with Gasteiger partial charge in [0.25, 0.3) is 0 Å². The van der Waals surface area contributed by atoms with Crippen molar-refractivity contribution in [1.82, 2.24) is 0 Å². The van der Waals surface area contributed by atoms with E-state index < -0.39 is 0 Å². The lowest BCUT2D eigenvalue weighted by Gasteiger charge is -2.12. The molecule has 1 heterocycles. The van der Waals surface area contributed by atoms with Crippen molar-refractivity contribution in [3.05, 3.63) is 35.6 Å². The number of ketones is 2. The first kappa shape index (κ1) is 15.1. The van der Waals surface area contributed by atoms with Gasteiger partial charge in [0, 0.05) is 23.3 Å². The van der Waals surface area contributed by atoms with E-state index in [9.17, 15) is 9.59 Å². The molecule has 2 aromatic carbocycles. The van der Waals surface area contributed by atoms with Gasteiger partial charge in [-0.2, -0.15) is 0 Å². The fourth-order valence-electron chi connectivity index (χ4n) is 2.74. The molecule has 3 rings (SSSR count).